The van der Waals surface area contributed by atoms with Gasteiger partial charge in [0.2, 0.25) is 11.8 Å². The molecule has 0 saturated heterocycles. The number of benzene rings is 1. The molecule has 0 heterocycles. The van der Waals surface area contributed by atoms with Crippen molar-refractivity contribution in [3.8, 4) is 0 Å². The van der Waals surface area contributed by atoms with Gasteiger partial charge in [-0.25, -0.2) is 0 Å². The summed E-state index contributed by atoms with van der Waals surface area (Å²) in [7, 11) is 0. The lowest BCUT2D eigenvalue weighted by Crippen LogP contribution is -2.36. The van der Waals surface area contributed by atoms with Gasteiger partial charge in [-0.3, -0.25) is 9.59 Å². The molecule has 0 aliphatic rings. The Bertz CT molecular complexity index is 435. The van der Waals surface area contributed by atoms with E-state index in [-0.39, 0.29) is 24.9 Å². The van der Waals surface area contributed by atoms with Crippen LogP contribution in [0.2, 0.25) is 0 Å². The van der Waals surface area contributed by atoms with Gasteiger partial charge in [0.25, 0.3) is 0 Å². The smallest absolute Gasteiger partial charge is 0.243 e. The molecule has 2 amide bonds. The molecule has 5 nitrogen and oxygen atoms in total. The van der Waals surface area contributed by atoms with E-state index >= 15 is 0 Å². The second kappa shape index (κ2) is 6.55. The van der Waals surface area contributed by atoms with Crippen LogP contribution in [0.25, 0.3) is 0 Å². The molecule has 0 aliphatic heterocycles. The Morgan fingerprint density at radius 3 is 2.65 bits per heavy atom. The molecule has 0 atom stereocenters. The maximum Gasteiger partial charge on any atom is 0.243 e. The molecular formula is C11H14IN3O2. The first-order chi connectivity index (χ1) is 8.02. The van der Waals surface area contributed by atoms with Crippen LogP contribution in [0, 0.1) is 10.5 Å². The summed E-state index contributed by atoms with van der Waals surface area (Å²) in [6.07, 6.45) is 0. The van der Waals surface area contributed by atoms with Gasteiger partial charge in [0, 0.05) is 9.26 Å². The summed E-state index contributed by atoms with van der Waals surface area (Å²) >= 11 is 2.20. The van der Waals surface area contributed by atoms with E-state index in [1.807, 2.05) is 25.1 Å². The molecular weight excluding hydrogens is 333 g/mol. The number of anilines is 1. The lowest BCUT2D eigenvalue weighted by Gasteiger charge is -2.09. The number of carbonyl (C=O) groups excluding carboxylic acids is 2. The SMILES string of the molecule is Cc1cc(I)ccc1NC(=O)CNC(=O)CN. The van der Waals surface area contributed by atoms with E-state index in [2.05, 4.69) is 33.2 Å². The number of aryl methyl sites for hydroxylation is 1. The van der Waals surface area contributed by atoms with Crippen molar-refractivity contribution in [1.82, 2.24) is 5.32 Å². The quantitative estimate of drug-likeness (QED) is 0.698. The van der Waals surface area contributed by atoms with Gasteiger partial charge >= 0.3 is 0 Å². The molecule has 0 unspecified atom stereocenters. The Labute approximate surface area is 113 Å². The topological polar surface area (TPSA) is 84.2 Å². The molecule has 0 bridgehead atoms. The highest BCUT2D eigenvalue weighted by Gasteiger charge is 2.06. The summed E-state index contributed by atoms with van der Waals surface area (Å²) in [6, 6.07) is 5.70. The molecule has 1 aromatic carbocycles. The number of carbonyl (C=O) groups is 2. The van der Waals surface area contributed by atoms with Crippen molar-refractivity contribution in [3.63, 3.8) is 0 Å². The van der Waals surface area contributed by atoms with Crippen LogP contribution in [0.3, 0.4) is 0 Å². The molecule has 0 aliphatic carbocycles. The van der Waals surface area contributed by atoms with Crippen LogP contribution in [0.1, 0.15) is 5.56 Å². The standard InChI is InChI=1S/C11H14IN3O2/c1-7-4-8(12)2-3-9(7)15-11(17)6-14-10(16)5-13/h2-4H,5-6,13H2,1H3,(H,14,16)(H,15,17). The summed E-state index contributed by atoms with van der Waals surface area (Å²) in [4.78, 5) is 22.4. The number of nitrogens with one attached hydrogen (secondary N) is 2. The second-order valence-corrected chi connectivity index (χ2v) is 4.73. The zero-order valence-electron chi connectivity index (χ0n) is 9.42. The highest BCUT2D eigenvalue weighted by atomic mass is 127. The predicted molar refractivity (Wildman–Crippen MR) is 74.6 cm³/mol. The number of hydrogen-bond acceptors (Lipinski definition) is 3. The third-order valence-electron chi connectivity index (χ3n) is 2.09. The van der Waals surface area contributed by atoms with Crippen LogP contribution in [0.4, 0.5) is 5.69 Å². The van der Waals surface area contributed by atoms with Crippen LogP contribution in [0.5, 0.6) is 0 Å². The van der Waals surface area contributed by atoms with E-state index in [0.29, 0.717) is 0 Å². The normalized spacial score (nSPS) is 9.82. The molecule has 17 heavy (non-hydrogen) atoms. The van der Waals surface area contributed by atoms with Crippen molar-refractivity contribution in [2.45, 2.75) is 6.92 Å². The second-order valence-electron chi connectivity index (χ2n) is 3.49. The van der Waals surface area contributed by atoms with Gasteiger partial charge in [-0.2, -0.15) is 0 Å². The van der Waals surface area contributed by atoms with Crippen molar-refractivity contribution in [1.29, 1.82) is 0 Å². The molecule has 0 aromatic heterocycles. The molecule has 4 N–H and O–H groups in total. The lowest BCUT2D eigenvalue weighted by atomic mass is 10.2. The Balaban J connectivity index is 2.53. The maximum atomic E-state index is 11.5. The zero-order valence-corrected chi connectivity index (χ0v) is 11.6. The largest absolute Gasteiger partial charge is 0.346 e. The van der Waals surface area contributed by atoms with Gasteiger partial charge in [-0.05, 0) is 53.3 Å². The van der Waals surface area contributed by atoms with Crippen molar-refractivity contribution < 1.29 is 9.59 Å². The summed E-state index contributed by atoms with van der Waals surface area (Å²) in [5.74, 6) is -0.615. The average molecular weight is 347 g/mol. The van der Waals surface area contributed by atoms with Gasteiger partial charge in [0.15, 0.2) is 0 Å². The average Bonchev–Trinajstić information content (AvgIpc) is 2.29. The molecule has 6 heteroatoms. The highest BCUT2D eigenvalue weighted by molar-refractivity contribution is 14.1. The third-order valence-corrected chi connectivity index (χ3v) is 2.77. The highest BCUT2D eigenvalue weighted by Crippen LogP contribution is 2.17. The van der Waals surface area contributed by atoms with Crippen LogP contribution in [-0.2, 0) is 9.59 Å². The summed E-state index contributed by atoms with van der Waals surface area (Å²) in [5, 5.41) is 5.12. The minimum Gasteiger partial charge on any atom is -0.346 e. The Morgan fingerprint density at radius 1 is 1.35 bits per heavy atom. The number of amides is 2. The summed E-state index contributed by atoms with van der Waals surface area (Å²) in [6.45, 7) is 1.73. The number of hydrogen-bond donors (Lipinski definition) is 3. The fourth-order valence-electron chi connectivity index (χ4n) is 1.21. The number of halogens is 1. The van der Waals surface area contributed by atoms with E-state index in [0.717, 1.165) is 14.8 Å². The molecule has 1 aromatic rings. The van der Waals surface area contributed by atoms with E-state index in [4.69, 9.17) is 5.73 Å². The van der Waals surface area contributed by atoms with E-state index in [9.17, 15) is 9.59 Å². The van der Waals surface area contributed by atoms with Gasteiger partial charge in [0.05, 0.1) is 13.1 Å². The van der Waals surface area contributed by atoms with Crippen molar-refractivity contribution in [2.24, 2.45) is 5.73 Å². The van der Waals surface area contributed by atoms with Crippen LogP contribution in [-0.4, -0.2) is 24.9 Å². The van der Waals surface area contributed by atoms with E-state index in [1.54, 1.807) is 0 Å². The first kappa shape index (κ1) is 13.9. The molecule has 0 spiro atoms. The van der Waals surface area contributed by atoms with Gasteiger partial charge in [-0.1, -0.05) is 0 Å². The lowest BCUT2D eigenvalue weighted by molar-refractivity contribution is -0.123. The fourth-order valence-corrected chi connectivity index (χ4v) is 1.86. The molecule has 92 valence electrons. The molecule has 0 radical (unpaired) electrons. The van der Waals surface area contributed by atoms with Gasteiger partial charge in [-0.15, -0.1) is 0 Å². The van der Waals surface area contributed by atoms with E-state index < -0.39 is 0 Å². The Hall–Kier alpha value is -1.15. The van der Waals surface area contributed by atoms with Gasteiger partial charge < -0.3 is 16.4 Å². The fraction of sp³-hybridized carbons (Fsp3) is 0.273. The Kier molecular flexibility index (Phi) is 5.36. The number of rotatable bonds is 4. The minimum absolute atomic E-state index is 0.0680. The van der Waals surface area contributed by atoms with Crippen molar-refractivity contribution >= 4 is 40.1 Å². The van der Waals surface area contributed by atoms with Crippen LogP contribution in [0.15, 0.2) is 18.2 Å². The van der Waals surface area contributed by atoms with Gasteiger partial charge in [0.1, 0.15) is 0 Å². The summed E-state index contributed by atoms with van der Waals surface area (Å²) in [5.41, 5.74) is 6.84. The van der Waals surface area contributed by atoms with E-state index in [1.165, 1.54) is 0 Å². The van der Waals surface area contributed by atoms with Crippen LogP contribution >= 0.6 is 22.6 Å². The maximum absolute atomic E-state index is 11.5. The predicted octanol–water partition coefficient (Wildman–Crippen LogP) is 0.613. The number of nitrogens with two attached hydrogens (primary N) is 1. The third kappa shape index (κ3) is 4.70. The van der Waals surface area contributed by atoms with Crippen molar-refractivity contribution in [2.75, 3.05) is 18.4 Å². The first-order valence-corrected chi connectivity index (χ1v) is 6.13. The summed E-state index contributed by atoms with van der Waals surface area (Å²) < 4.78 is 1.11. The Morgan fingerprint density at radius 2 is 2.06 bits per heavy atom. The molecule has 0 fully saturated rings. The van der Waals surface area contributed by atoms with Crippen molar-refractivity contribution in [3.05, 3.63) is 27.3 Å². The molecule has 1 rings (SSSR count). The molecule has 0 saturated carbocycles. The van der Waals surface area contributed by atoms with Crippen LogP contribution < -0.4 is 16.4 Å². The zero-order chi connectivity index (χ0) is 12.8. The minimum atomic E-state index is -0.348. The monoisotopic (exact) mass is 347 g/mol. The first-order valence-electron chi connectivity index (χ1n) is 5.05.